The van der Waals surface area contributed by atoms with Crippen molar-refractivity contribution in [1.82, 2.24) is 5.32 Å². The van der Waals surface area contributed by atoms with Crippen molar-refractivity contribution in [3.05, 3.63) is 65.7 Å². The normalized spacial score (nSPS) is 12.8. The summed E-state index contributed by atoms with van der Waals surface area (Å²) in [5.41, 5.74) is 1.92. The first-order valence-electron chi connectivity index (χ1n) is 9.43. The van der Waals surface area contributed by atoms with Gasteiger partial charge in [0.15, 0.2) is 24.2 Å². The zero-order valence-corrected chi connectivity index (χ0v) is 17.2. The standard InChI is InChI=1S/C23H27NO5/c1-5-9-18-12-13-20(21(14-18)27-4)28-15-22(25)29-17(3)23(26)24-16(2)19-10-7-6-8-11-19/h5-14,16-17H,15H2,1-4H3,(H,24,26)/b9-5+. The lowest BCUT2D eigenvalue weighted by Crippen LogP contribution is -2.38. The third-order valence-electron chi connectivity index (χ3n) is 4.23. The fourth-order valence-electron chi connectivity index (χ4n) is 2.68. The number of ether oxygens (including phenoxy) is 3. The Balaban J connectivity index is 1.86. The lowest BCUT2D eigenvalue weighted by Gasteiger charge is -2.18. The van der Waals surface area contributed by atoms with Gasteiger partial charge >= 0.3 is 5.97 Å². The molecule has 2 rings (SSSR count). The molecule has 1 amide bonds. The van der Waals surface area contributed by atoms with Crippen LogP contribution in [-0.4, -0.2) is 31.7 Å². The summed E-state index contributed by atoms with van der Waals surface area (Å²) < 4.78 is 16.0. The Bertz CT molecular complexity index is 848. The lowest BCUT2D eigenvalue weighted by molar-refractivity contribution is -0.156. The quantitative estimate of drug-likeness (QED) is 0.649. The number of methoxy groups -OCH3 is 1. The number of nitrogens with one attached hydrogen (secondary N) is 1. The van der Waals surface area contributed by atoms with Crippen molar-refractivity contribution in [2.24, 2.45) is 0 Å². The fourth-order valence-corrected chi connectivity index (χ4v) is 2.68. The molecule has 0 aliphatic heterocycles. The van der Waals surface area contributed by atoms with Gasteiger partial charge < -0.3 is 19.5 Å². The van der Waals surface area contributed by atoms with Crippen LogP contribution in [-0.2, 0) is 14.3 Å². The highest BCUT2D eigenvalue weighted by molar-refractivity contribution is 5.84. The molecular weight excluding hydrogens is 370 g/mol. The maximum absolute atomic E-state index is 12.3. The van der Waals surface area contributed by atoms with Gasteiger partial charge in [-0.3, -0.25) is 4.79 Å². The zero-order chi connectivity index (χ0) is 21.2. The van der Waals surface area contributed by atoms with Gasteiger partial charge in [-0.1, -0.05) is 48.6 Å². The number of esters is 1. The van der Waals surface area contributed by atoms with Crippen molar-refractivity contribution in [2.45, 2.75) is 32.9 Å². The Kier molecular flexibility index (Phi) is 8.27. The molecule has 154 valence electrons. The topological polar surface area (TPSA) is 73.9 Å². The van der Waals surface area contributed by atoms with E-state index >= 15 is 0 Å². The number of rotatable bonds is 9. The van der Waals surface area contributed by atoms with Gasteiger partial charge in [0.25, 0.3) is 5.91 Å². The monoisotopic (exact) mass is 397 g/mol. The Morgan fingerprint density at radius 2 is 1.79 bits per heavy atom. The molecule has 0 aliphatic rings. The number of allylic oxidation sites excluding steroid dienone is 1. The highest BCUT2D eigenvalue weighted by Gasteiger charge is 2.20. The fraction of sp³-hybridized carbons (Fsp3) is 0.304. The average Bonchev–Trinajstić information content (AvgIpc) is 2.73. The molecule has 0 spiro atoms. The van der Waals surface area contributed by atoms with E-state index in [9.17, 15) is 9.59 Å². The molecule has 6 heteroatoms. The summed E-state index contributed by atoms with van der Waals surface area (Å²) in [4.78, 5) is 24.4. The van der Waals surface area contributed by atoms with E-state index < -0.39 is 12.1 Å². The van der Waals surface area contributed by atoms with E-state index in [1.165, 1.54) is 14.0 Å². The predicted molar refractivity (Wildman–Crippen MR) is 112 cm³/mol. The minimum Gasteiger partial charge on any atom is -0.493 e. The van der Waals surface area contributed by atoms with Crippen LogP contribution >= 0.6 is 0 Å². The van der Waals surface area contributed by atoms with Gasteiger partial charge in [0.1, 0.15) is 0 Å². The highest BCUT2D eigenvalue weighted by Crippen LogP contribution is 2.28. The Labute approximate surface area is 171 Å². The van der Waals surface area contributed by atoms with E-state index in [0.29, 0.717) is 11.5 Å². The first-order valence-corrected chi connectivity index (χ1v) is 9.43. The molecule has 0 radical (unpaired) electrons. The minimum atomic E-state index is -0.934. The maximum atomic E-state index is 12.3. The number of amides is 1. The molecule has 0 bridgehead atoms. The van der Waals surface area contributed by atoms with Gasteiger partial charge in [-0.2, -0.15) is 0 Å². The third kappa shape index (κ3) is 6.68. The van der Waals surface area contributed by atoms with Gasteiger partial charge in [-0.05, 0) is 44.0 Å². The smallest absolute Gasteiger partial charge is 0.344 e. The van der Waals surface area contributed by atoms with Crippen LogP contribution in [0.2, 0.25) is 0 Å². The van der Waals surface area contributed by atoms with Crippen LogP contribution in [0.15, 0.2) is 54.6 Å². The van der Waals surface area contributed by atoms with Crippen LogP contribution in [0.25, 0.3) is 6.08 Å². The minimum absolute atomic E-state index is 0.193. The van der Waals surface area contributed by atoms with Crippen LogP contribution in [0.5, 0.6) is 11.5 Å². The molecule has 29 heavy (non-hydrogen) atoms. The Morgan fingerprint density at radius 1 is 1.07 bits per heavy atom. The van der Waals surface area contributed by atoms with Gasteiger partial charge in [0.2, 0.25) is 0 Å². The molecule has 0 saturated carbocycles. The van der Waals surface area contributed by atoms with E-state index in [2.05, 4.69) is 5.32 Å². The first-order chi connectivity index (χ1) is 13.9. The summed E-state index contributed by atoms with van der Waals surface area (Å²) in [5.74, 6) is -0.0778. The molecular formula is C23H27NO5. The zero-order valence-electron chi connectivity index (χ0n) is 17.2. The van der Waals surface area contributed by atoms with E-state index in [1.54, 1.807) is 6.07 Å². The van der Waals surface area contributed by atoms with Crippen LogP contribution in [0.1, 0.15) is 37.9 Å². The largest absolute Gasteiger partial charge is 0.493 e. The van der Waals surface area contributed by atoms with Gasteiger partial charge in [-0.25, -0.2) is 4.79 Å². The molecule has 0 fully saturated rings. The molecule has 0 saturated heterocycles. The number of hydrogen-bond acceptors (Lipinski definition) is 5. The summed E-state index contributed by atoms with van der Waals surface area (Å²) in [7, 11) is 1.53. The molecule has 0 aliphatic carbocycles. The molecule has 2 atom stereocenters. The second kappa shape index (κ2) is 10.9. The van der Waals surface area contributed by atoms with Crippen molar-refractivity contribution < 1.29 is 23.8 Å². The molecule has 2 unspecified atom stereocenters. The number of carbonyl (C=O) groups excluding carboxylic acids is 2. The summed E-state index contributed by atoms with van der Waals surface area (Å²) in [6.07, 6.45) is 2.91. The van der Waals surface area contributed by atoms with Crippen LogP contribution < -0.4 is 14.8 Å². The van der Waals surface area contributed by atoms with E-state index in [1.807, 2.05) is 68.5 Å². The Hall–Kier alpha value is -3.28. The predicted octanol–water partition coefficient (Wildman–Crippen LogP) is 3.92. The number of hydrogen-bond donors (Lipinski definition) is 1. The van der Waals surface area contributed by atoms with E-state index in [-0.39, 0.29) is 18.6 Å². The van der Waals surface area contributed by atoms with Gasteiger partial charge in [0.05, 0.1) is 13.2 Å². The maximum Gasteiger partial charge on any atom is 0.344 e. The molecule has 2 aromatic rings. The first kappa shape index (κ1) is 22.0. The van der Waals surface area contributed by atoms with Crippen molar-refractivity contribution in [1.29, 1.82) is 0 Å². The van der Waals surface area contributed by atoms with Crippen LogP contribution in [0.4, 0.5) is 0 Å². The average molecular weight is 397 g/mol. The van der Waals surface area contributed by atoms with Crippen molar-refractivity contribution in [3.63, 3.8) is 0 Å². The van der Waals surface area contributed by atoms with E-state index in [4.69, 9.17) is 14.2 Å². The molecule has 6 nitrogen and oxygen atoms in total. The summed E-state index contributed by atoms with van der Waals surface area (Å²) in [6.45, 7) is 4.99. The number of benzene rings is 2. The molecule has 0 aromatic heterocycles. The summed E-state index contributed by atoms with van der Waals surface area (Å²) in [6, 6.07) is 14.7. The SMILES string of the molecule is C/C=C/c1ccc(OCC(=O)OC(C)C(=O)NC(C)c2ccccc2)c(OC)c1. The molecule has 0 heterocycles. The van der Waals surface area contributed by atoms with Crippen LogP contribution in [0, 0.1) is 0 Å². The van der Waals surface area contributed by atoms with E-state index in [0.717, 1.165) is 11.1 Å². The third-order valence-corrected chi connectivity index (χ3v) is 4.23. The van der Waals surface area contributed by atoms with Crippen LogP contribution in [0.3, 0.4) is 0 Å². The molecule has 1 N–H and O–H groups in total. The second-order valence-corrected chi connectivity index (χ2v) is 6.47. The van der Waals surface area contributed by atoms with Crippen molar-refractivity contribution in [2.75, 3.05) is 13.7 Å². The van der Waals surface area contributed by atoms with Gasteiger partial charge in [0, 0.05) is 0 Å². The van der Waals surface area contributed by atoms with Gasteiger partial charge in [-0.15, -0.1) is 0 Å². The summed E-state index contributed by atoms with van der Waals surface area (Å²) in [5, 5.41) is 2.83. The van der Waals surface area contributed by atoms with Crippen molar-refractivity contribution in [3.8, 4) is 11.5 Å². The summed E-state index contributed by atoms with van der Waals surface area (Å²) >= 11 is 0. The molecule has 2 aromatic carbocycles. The number of carbonyl (C=O) groups is 2. The highest BCUT2D eigenvalue weighted by atomic mass is 16.6. The lowest BCUT2D eigenvalue weighted by atomic mass is 10.1. The second-order valence-electron chi connectivity index (χ2n) is 6.47. The Morgan fingerprint density at radius 3 is 2.45 bits per heavy atom. The van der Waals surface area contributed by atoms with Crippen molar-refractivity contribution >= 4 is 18.0 Å².